The standard InChI is InChI=1S/C29H31FN4O3S/c1-18-26(28(36)34-23-14-8-9-15-24(23)37-2)27(20-12-6-7-13-22(20)30)21(16-31)29(32-18)38-17-25(35)33-19-10-4-3-5-11-19/h6-9,12-15,19,27,32H,3-5,10-11,17H2,1-2H3,(H,33,35)(H,34,36)/t27-/m0/s1. The van der Waals surface area contributed by atoms with Gasteiger partial charge in [-0.05, 0) is 38.0 Å². The molecule has 2 amide bonds. The zero-order chi connectivity index (χ0) is 27.1. The molecule has 1 aliphatic carbocycles. The Labute approximate surface area is 226 Å². The lowest BCUT2D eigenvalue weighted by Crippen LogP contribution is -2.37. The quantitative estimate of drug-likeness (QED) is 0.422. The molecule has 9 heteroatoms. The first kappa shape index (κ1) is 27.3. The fraction of sp³-hybridized carbons (Fsp3) is 0.345. The predicted molar refractivity (Wildman–Crippen MR) is 147 cm³/mol. The van der Waals surface area contributed by atoms with Gasteiger partial charge in [-0.3, -0.25) is 9.59 Å². The van der Waals surface area contributed by atoms with E-state index in [1.54, 1.807) is 49.4 Å². The van der Waals surface area contributed by atoms with Crippen molar-refractivity contribution in [3.05, 3.63) is 81.8 Å². The van der Waals surface area contributed by atoms with Crippen molar-refractivity contribution in [3.63, 3.8) is 0 Å². The SMILES string of the molecule is COc1ccccc1NC(=O)C1=C(C)NC(SCC(=O)NC2CCCCC2)=C(C#N)[C@@H]1c1ccccc1F. The van der Waals surface area contributed by atoms with E-state index < -0.39 is 17.6 Å². The summed E-state index contributed by atoms with van der Waals surface area (Å²) < 4.78 is 20.4. The van der Waals surface area contributed by atoms with E-state index >= 15 is 4.39 Å². The summed E-state index contributed by atoms with van der Waals surface area (Å²) in [5.41, 5.74) is 1.53. The molecule has 0 radical (unpaired) electrons. The zero-order valence-corrected chi connectivity index (χ0v) is 22.3. The van der Waals surface area contributed by atoms with E-state index in [4.69, 9.17) is 4.74 Å². The molecule has 0 spiro atoms. The maximum atomic E-state index is 15.1. The Morgan fingerprint density at radius 3 is 2.55 bits per heavy atom. The molecule has 1 atom stereocenters. The van der Waals surface area contributed by atoms with E-state index in [0.717, 1.165) is 25.7 Å². The Morgan fingerprint density at radius 2 is 1.84 bits per heavy atom. The maximum absolute atomic E-state index is 15.1. The molecule has 0 saturated heterocycles. The summed E-state index contributed by atoms with van der Waals surface area (Å²) in [4.78, 5) is 26.3. The molecule has 0 bridgehead atoms. The number of nitriles is 1. The number of thioether (sulfide) groups is 1. The molecule has 1 heterocycles. The fourth-order valence-electron chi connectivity index (χ4n) is 4.94. The number of dihydropyridines is 1. The molecule has 38 heavy (non-hydrogen) atoms. The summed E-state index contributed by atoms with van der Waals surface area (Å²) in [7, 11) is 1.50. The molecule has 2 aromatic rings. The Kier molecular flexibility index (Phi) is 9.08. The summed E-state index contributed by atoms with van der Waals surface area (Å²) >= 11 is 1.18. The number of halogens is 1. The highest BCUT2D eigenvalue weighted by Gasteiger charge is 2.36. The minimum absolute atomic E-state index is 0.101. The number of hydrogen-bond donors (Lipinski definition) is 3. The number of hydrogen-bond acceptors (Lipinski definition) is 6. The fourth-order valence-corrected chi connectivity index (χ4v) is 5.84. The van der Waals surface area contributed by atoms with Crippen LogP contribution < -0.4 is 20.7 Å². The topological polar surface area (TPSA) is 103 Å². The average Bonchev–Trinajstić information content (AvgIpc) is 2.92. The molecule has 1 saturated carbocycles. The van der Waals surface area contributed by atoms with Gasteiger partial charge in [0, 0.05) is 22.9 Å². The number of carbonyl (C=O) groups is 2. The van der Waals surface area contributed by atoms with Crippen LogP contribution in [0.15, 0.2) is 70.4 Å². The molecule has 198 valence electrons. The first-order valence-corrected chi connectivity index (χ1v) is 13.6. The van der Waals surface area contributed by atoms with Crippen molar-refractivity contribution in [1.29, 1.82) is 5.26 Å². The molecule has 1 fully saturated rings. The second-order valence-electron chi connectivity index (χ2n) is 9.32. The van der Waals surface area contributed by atoms with Crippen LogP contribution in [0, 0.1) is 17.1 Å². The highest BCUT2D eigenvalue weighted by atomic mass is 32.2. The van der Waals surface area contributed by atoms with Gasteiger partial charge in [-0.2, -0.15) is 5.26 Å². The van der Waals surface area contributed by atoms with E-state index in [1.807, 2.05) is 0 Å². The highest BCUT2D eigenvalue weighted by Crippen LogP contribution is 2.42. The van der Waals surface area contributed by atoms with Crippen molar-refractivity contribution in [2.24, 2.45) is 0 Å². The van der Waals surface area contributed by atoms with Crippen LogP contribution in [0.25, 0.3) is 0 Å². The molecule has 0 unspecified atom stereocenters. The van der Waals surface area contributed by atoms with Crippen LogP contribution in [0.5, 0.6) is 5.75 Å². The predicted octanol–water partition coefficient (Wildman–Crippen LogP) is 5.35. The second-order valence-corrected chi connectivity index (χ2v) is 10.3. The maximum Gasteiger partial charge on any atom is 0.254 e. The Morgan fingerprint density at radius 1 is 1.13 bits per heavy atom. The van der Waals surface area contributed by atoms with Gasteiger partial charge in [0.1, 0.15) is 11.6 Å². The number of amides is 2. The van der Waals surface area contributed by atoms with Crippen LogP contribution in [-0.2, 0) is 9.59 Å². The number of carbonyl (C=O) groups excluding carboxylic acids is 2. The largest absolute Gasteiger partial charge is 0.495 e. The van der Waals surface area contributed by atoms with Gasteiger partial charge < -0.3 is 20.7 Å². The van der Waals surface area contributed by atoms with Gasteiger partial charge in [-0.1, -0.05) is 61.4 Å². The Balaban J connectivity index is 1.63. The van der Waals surface area contributed by atoms with E-state index in [0.29, 0.717) is 22.2 Å². The first-order chi connectivity index (χ1) is 18.4. The molecule has 7 nitrogen and oxygen atoms in total. The third-order valence-corrected chi connectivity index (χ3v) is 7.80. The number of methoxy groups -OCH3 is 1. The second kappa shape index (κ2) is 12.7. The summed E-state index contributed by atoms with van der Waals surface area (Å²) in [6, 6.07) is 15.5. The smallest absolute Gasteiger partial charge is 0.254 e. The van der Waals surface area contributed by atoms with Crippen LogP contribution >= 0.6 is 11.8 Å². The van der Waals surface area contributed by atoms with Crippen molar-refractivity contribution < 1.29 is 18.7 Å². The van der Waals surface area contributed by atoms with Crippen molar-refractivity contribution in [3.8, 4) is 11.8 Å². The number of benzene rings is 2. The first-order valence-electron chi connectivity index (χ1n) is 12.7. The summed E-state index contributed by atoms with van der Waals surface area (Å²) in [5, 5.41) is 19.7. The van der Waals surface area contributed by atoms with Gasteiger partial charge in [0.15, 0.2) is 0 Å². The van der Waals surface area contributed by atoms with Gasteiger partial charge in [-0.15, -0.1) is 0 Å². The molecule has 0 aromatic heterocycles. The van der Waals surface area contributed by atoms with Crippen LogP contribution in [0.1, 0.15) is 50.5 Å². The molecule has 1 aliphatic heterocycles. The van der Waals surface area contributed by atoms with Crippen LogP contribution in [0.4, 0.5) is 10.1 Å². The number of allylic oxidation sites excluding steroid dienone is 2. The Bertz CT molecular complexity index is 1310. The Hall–Kier alpha value is -3.77. The van der Waals surface area contributed by atoms with Gasteiger partial charge in [0.05, 0.1) is 41.1 Å². The molecule has 2 aliphatic rings. The molecule has 2 aromatic carbocycles. The van der Waals surface area contributed by atoms with Crippen LogP contribution in [-0.4, -0.2) is 30.7 Å². The number of nitrogens with one attached hydrogen (secondary N) is 3. The lowest BCUT2D eigenvalue weighted by Gasteiger charge is -2.30. The van der Waals surface area contributed by atoms with Crippen molar-refractivity contribution in [1.82, 2.24) is 10.6 Å². The van der Waals surface area contributed by atoms with E-state index in [-0.39, 0.29) is 34.4 Å². The average molecular weight is 535 g/mol. The van der Waals surface area contributed by atoms with Crippen LogP contribution in [0.2, 0.25) is 0 Å². The van der Waals surface area contributed by atoms with E-state index in [2.05, 4.69) is 22.0 Å². The van der Waals surface area contributed by atoms with Crippen LogP contribution in [0.3, 0.4) is 0 Å². The molecule has 4 rings (SSSR count). The third kappa shape index (κ3) is 6.20. The minimum atomic E-state index is -0.957. The van der Waals surface area contributed by atoms with Gasteiger partial charge in [0.25, 0.3) is 5.91 Å². The van der Waals surface area contributed by atoms with Crippen molar-refractivity contribution in [2.45, 2.75) is 51.0 Å². The number of rotatable bonds is 8. The number of nitrogens with zero attached hydrogens (tertiary/aromatic N) is 1. The lowest BCUT2D eigenvalue weighted by molar-refractivity contribution is -0.119. The zero-order valence-electron chi connectivity index (χ0n) is 21.5. The normalized spacial score (nSPS) is 17.9. The number of anilines is 1. The van der Waals surface area contributed by atoms with E-state index in [9.17, 15) is 14.9 Å². The molecular weight excluding hydrogens is 503 g/mol. The summed E-state index contributed by atoms with van der Waals surface area (Å²) in [6.45, 7) is 1.71. The van der Waals surface area contributed by atoms with Crippen molar-refractivity contribution >= 4 is 29.3 Å². The van der Waals surface area contributed by atoms with Gasteiger partial charge in [-0.25, -0.2) is 4.39 Å². The summed E-state index contributed by atoms with van der Waals surface area (Å²) in [5.74, 6) is -1.51. The van der Waals surface area contributed by atoms with Gasteiger partial charge in [0.2, 0.25) is 5.91 Å². The molecular formula is C29H31FN4O3S. The number of para-hydroxylation sites is 2. The number of ether oxygens (including phenoxy) is 1. The minimum Gasteiger partial charge on any atom is -0.495 e. The lowest BCUT2D eigenvalue weighted by atomic mass is 9.82. The van der Waals surface area contributed by atoms with E-state index in [1.165, 1.54) is 31.4 Å². The van der Waals surface area contributed by atoms with Crippen molar-refractivity contribution in [2.75, 3.05) is 18.2 Å². The molecule has 3 N–H and O–H groups in total. The third-order valence-electron chi connectivity index (χ3n) is 6.78. The summed E-state index contributed by atoms with van der Waals surface area (Å²) in [6.07, 6.45) is 5.36. The highest BCUT2D eigenvalue weighted by molar-refractivity contribution is 8.03. The monoisotopic (exact) mass is 534 g/mol. The van der Waals surface area contributed by atoms with Gasteiger partial charge >= 0.3 is 0 Å².